The van der Waals surface area contributed by atoms with Gasteiger partial charge in [-0.05, 0) is 70.3 Å². The quantitative estimate of drug-likeness (QED) is 0.640. The van der Waals surface area contributed by atoms with E-state index in [-0.39, 0.29) is 5.41 Å². The van der Waals surface area contributed by atoms with Crippen LogP contribution < -0.4 is 0 Å². The van der Waals surface area contributed by atoms with Crippen molar-refractivity contribution in [1.29, 1.82) is 0 Å². The van der Waals surface area contributed by atoms with E-state index < -0.39 is 0 Å². The van der Waals surface area contributed by atoms with Crippen LogP contribution in [0.3, 0.4) is 0 Å². The number of phenolic OH excluding ortho intramolecular Hbond substituents is 1. The van der Waals surface area contributed by atoms with Crippen LogP contribution in [0.5, 0.6) is 5.75 Å². The third-order valence-electron chi connectivity index (χ3n) is 7.80. The smallest absolute Gasteiger partial charge is 0.115 e. The van der Waals surface area contributed by atoms with Gasteiger partial charge < -0.3 is 5.11 Å². The van der Waals surface area contributed by atoms with Crippen LogP contribution in [0.25, 0.3) is 11.1 Å². The molecule has 32 heavy (non-hydrogen) atoms. The summed E-state index contributed by atoms with van der Waals surface area (Å²) >= 11 is 0. The summed E-state index contributed by atoms with van der Waals surface area (Å²) in [4.78, 5) is 9.45. The minimum Gasteiger partial charge on any atom is -0.508 e. The molecule has 2 saturated heterocycles. The zero-order valence-electron chi connectivity index (χ0n) is 19.1. The second-order valence-electron chi connectivity index (χ2n) is 9.89. The highest BCUT2D eigenvalue weighted by atomic mass is 16.3. The molecule has 0 saturated carbocycles. The summed E-state index contributed by atoms with van der Waals surface area (Å²) in [6.07, 6.45) is 4.84. The highest BCUT2D eigenvalue weighted by Gasteiger charge is 2.44. The highest BCUT2D eigenvalue weighted by molar-refractivity contribution is 5.63. The average Bonchev–Trinajstić information content (AvgIpc) is 2.81. The molecule has 0 radical (unpaired) electrons. The number of pyridine rings is 1. The average molecular weight is 428 g/mol. The van der Waals surface area contributed by atoms with E-state index in [1.165, 1.54) is 22.3 Å². The van der Waals surface area contributed by atoms with Gasteiger partial charge in [-0.15, -0.1) is 0 Å². The number of benzene rings is 2. The molecule has 0 aliphatic carbocycles. The molecule has 3 atom stereocenters. The number of rotatable bonds is 4. The maximum atomic E-state index is 10.1. The van der Waals surface area contributed by atoms with Gasteiger partial charge >= 0.3 is 0 Å². The lowest BCUT2D eigenvalue weighted by atomic mass is 9.65. The van der Waals surface area contributed by atoms with Crippen molar-refractivity contribution in [2.45, 2.75) is 38.3 Å². The van der Waals surface area contributed by atoms with Gasteiger partial charge in [-0.1, -0.05) is 44.2 Å². The molecule has 4 nitrogen and oxygen atoms in total. The van der Waals surface area contributed by atoms with Crippen LogP contribution in [0.15, 0.2) is 73.1 Å². The standard InChI is InChI=1S/C28H33N3O/c1-21-18-31-14-13-30(19-22-5-3-6-24(15-22)23-9-11-29-12-10-23)20-26(31)17-28(21,2)25-7-4-8-27(32)16-25/h3-12,15-16,21,26,32H,13-14,17-20H2,1-2H3/t21-,26+,28?/m0/s1. The molecular weight excluding hydrogens is 394 g/mol. The Morgan fingerprint density at radius 3 is 2.59 bits per heavy atom. The van der Waals surface area contributed by atoms with Gasteiger partial charge in [0.05, 0.1) is 0 Å². The topological polar surface area (TPSA) is 39.6 Å². The van der Waals surface area contributed by atoms with Crippen LogP contribution >= 0.6 is 0 Å². The first-order chi connectivity index (χ1) is 15.5. The van der Waals surface area contributed by atoms with Crippen molar-refractivity contribution in [3.8, 4) is 16.9 Å². The van der Waals surface area contributed by atoms with Crippen molar-refractivity contribution < 1.29 is 5.11 Å². The molecule has 0 bridgehead atoms. The summed E-state index contributed by atoms with van der Waals surface area (Å²) in [5.41, 5.74) is 5.20. The van der Waals surface area contributed by atoms with Crippen LogP contribution in [0.1, 0.15) is 31.4 Å². The van der Waals surface area contributed by atoms with Crippen LogP contribution in [0, 0.1) is 5.92 Å². The summed E-state index contributed by atoms with van der Waals surface area (Å²) in [7, 11) is 0. The van der Waals surface area contributed by atoms with Crippen molar-refractivity contribution in [2.24, 2.45) is 5.92 Å². The molecule has 1 N–H and O–H groups in total. The Balaban J connectivity index is 1.31. The Hall–Kier alpha value is -2.69. The second-order valence-corrected chi connectivity index (χ2v) is 9.89. The van der Waals surface area contributed by atoms with Crippen LogP contribution in [0.4, 0.5) is 0 Å². The summed E-state index contributed by atoms with van der Waals surface area (Å²) in [5, 5.41) is 10.1. The molecule has 4 heteroatoms. The van der Waals surface area contributed by atoms with E-state index in [0.29, 0.717) is 17.7 Å². The number of aromatic hydroxyl groups is 1. The maximum absolute atomic E-state index is 10.1. The number of phenols is 1. The Bertz CT molecular complexity index is 1070. The number of hydrogen-bond acceptors (Lipinski definition) is 4. The number of hydrogen-bond donors (Lipinski definition) is 1. The molecule has 2 aromatic carbocycles. The van der Waals surface area contributed by atoms with Gasteiger partial charge in [0, 0.05) is 51.2 Å². The van der Waals surface area contributed by atoms with Crippen LogP contribution in [0.2, 0.25) is 0 Å². The molecule has 5 rings (SSSR count). The zero-order chi connectivity index (χ0) is 22.1. The van der Waals surface area contributed by atoms with Gasteiger partial charge in [-0.25, -0.2) is 0 Å². The first-order valence-electron chi connectivity index (χ1n) is 11.8. The fourth-order valence-electron chi connectivity index (χ4n) is 5.69. The van der Waals surface area contributed by atoms with Gasteiger partial charge in [0.2, 0.25) is 0 Å². The van der Waals surface area contributed by atoms with E-state index in [4.69, 9.17) is 0 Å². The van der Waals surface area contributed by atoms with Crippen molar-refractivity contribution in [2.75, 3.05) is 26.2 Å². The summed E-state index contributed by atoms with van der Waals surface area (Å²) in [6, 6.07) is 21.5. The second kappa shape index (κ2) is 8.68. The number of piperidine rings is 1. The fraction of sp³-hybridized carbons (Fsp3) is 0.393. The van der Waals surface area contributed by atoms with Gasteiger partial charge in [0.25, 0.3) is 0 Å². The minimum atomic E-state index is 0.0875. The van der Waals surface area contributed by atoms with Crippen LogP contribution in [-0.4, -0.2) is 52.1 Å². The van der Waals surface area contributed by atoms with Gasteiger partial charge in [-0.2, -0.15) is 0 Å². The van der Waals surface area contributed by atoms with E-state index in [1.807, 2.05) is 24.5 Å². The lowest BCUT2D eigenvalue weighted by Gasteiger charge is -2.53. The molecule has 166 valence electrons. The Labute approximate surface area is 191 Å². The largest absolute Gasteiger partial charge is 0.508 e. The van der Waals surface area contributed by atoms with E-state index in [2.05, 4.69) is 71.1 Å². The Morgan fingerprint density at radius 1 is 0.969 bits per heavy atom. The summed E-state index contributed by atoms with van der Waals surface area (Å²) < 4.78 is 0. The molecule has 1 unspecified atom stereocenters. The maximum Gasteiger partial charge on any atom is 0.115 e. The third kappa shape index (κ3) is 4.17. The number of piperazine rings is 1. The minimum absolute atomic E-state index is 0.0875. The fourth-order valence-corrected chi connectivity index (χ4v) is 5.69. The number of aromatic nitrogens is 1. The van der Waals surface area contributed by atoms with Gasteiger partial charge in [0.15, 0.2) is 0 Å². The molecule has 1 aromatic heterocycles. The third-order valence-corrected chi connectivity index (χ3v) is 7.80. The molecule has 2 aliphatic heterocycles. The molecule has 0 amide bonds. The predicted octanol–water partition coefficient (Wildman–Crippen LogP) is 4.94. The lowest BCUT2D eigenvalue weighted by molar-refractivity contribution is -0.00557. The Kier molecular flexibility index (Phi) is 5.75. The molecule has 3 heterocycles. The highest BCUT2D eigenvalue weighted by Crippen LogP contribution is 2.43. The summed E-state index contributed by atoms with van der Waals surface area (Å²) in [5.74, 6) is 0.932. The van der Waals surface area contributed by atoms with Crippen molar-refractivity contribution >= 4 is 0 Å². The number of nitrogens with zero attached hydrogens (tertiary/aromatic N) is 3. The molecule has 3 aromatic rings. The zero-order valence-corrected chi connectivity index (χ0v) is 19.1. The first-order valence-corrected chi connectivity index (χ1v) is 11.8. The van der Waals surface area contributed by atoms with Gasteiger partial charge in [-0.3, -0.25) is 14.8 Å². The van der Waals surface area contributed by atoms with Crippen molar-refractivity contribution in [3.63, 3.8) is 0 Å². The van der Waals surface area contributed by atoms with Crippen molar-refractivity contribution in [1.82, 2.24) is 14.8 Å². The molecule has 0 spiro atoms. The van der Waals surface area contributed by atoms with Crippen molar-refractivity contribution in [3.05, 3.63) is 84.2 Å². The normalized spacial score (nSPS) is 26.6. The lowest BCUT2D eigenvalue weighted by Crippen LogP contribution is -2.60. The van der Waals surface area contributed by atoms with E-state index >= 15 is 0 Å². The van der Waals surface area contributed by atoms with Gasteiger partial charge in [0.1, 0.15) is 5.75 Å². The van der Waals surface area contributed by atoms with E-state index in [1.54, 1.807) is 6.07 Å². The number of fused-ring (bicyclic) bond motifs is 1. The first kappa shape index (κ1) is 21.2. The van der Waals surface area contributed by atoms with E-state index in [9.17, 15) is 5.11 Å². The molecule has 2 fully saturated rings. The molecular formula is C28H33N3O. The summed E-state index contributed by atoms with van der Waals surface area (Å²) in [6.45, 7) is 10.2. The predicted molar refractivity (Wildman–Crippen MR) is 130 cm³/mol. The van der Waals surface area contributed by atoms with Crippen LogP contribution in [-0.2, 0) is 12.0 Å². The molecule has 2 aliphatic rings. The Morgan fingerprint density at radius 2 is 1.78 bits per heavy atom. The SMILES string of the molecule is C[C@H]1CN2CCN(Cc3cccc(-c4ccncc4)c3)C[C@H]2CC1(C)c1cccc(O)c1. The van der Waals surface area contributed by atoms with E-state index in [0.717, 1.165) is 39.1 Å². The monoisotopic (exact) mass is 427 g/mol.